The summed E-state index contributed by atoms with van der Waals surface area (Å²) in [5.74, 6) is 0.576. The predicted octanol–water partition coefficient (Wildman–Crippen LogP) is 4.68. The van der Waals surface area contributed by atoms with Crippen LogP contribution in [0.3, 0.4) is 0 Å². The van der Waals surface area contributed by atoms with Crippen molar-refractivity contribution in [1.29, 1.82) is 0 Å². The van der Waals surface area contributed by atoms with Crippen LogP contribution in [0.25, 0.3) is 22.3 Å². The minimum Gasteiger partial charge on any atom is -0.353 e. The van der Waals surface area contributed by atoms with Gasteiger partial charge in [0.2, 0.25) is 0 Å². The molecule has 0 aliphatic carbocycles. The quantitative estimate of drug-likeness (QED) is 0.484. The number of pyridine rings is 1. The van der Waals surface area contributed by atoms with Crippen LogP contribution >= 0.6 is 0 Å². The second-order valence-electron chi connectivity index (χ2n) is 8.22. The van der Waals surface area contributed by atoms with E-state index < -0.39 is 11.7 Å². The number of rotatable bonds is 4. The number of alkyl halides is 3. The highest BCUT2D eigenvalue weighted by Gasteiger charge is 2.32. The van der Waals surface area contributed by atoms with Crippen molar-refractivity contribution in [2.24, 2.45) is 0 Å². The fourth-order valence-corrected chi connectivity index (χ4v) is 4.35. The summed E-state index contributed by atoms with van der Waals surface area (Å²) < 4.78 is 38.4. The highest BCUT2D eigenvalue weighted by Crippen LogP contribution is 2.30. The van der Waals surface area contributed by atoms with Crippen LogP contribution in [-0.4, -0.2) is 50.7 Å². The Balaban J connectivity index is 1.28. The van der Waals surface area contributed by atoms with Gasteiger partial charge >= 0.3 is 6.18 Å². The van der Waals surface area contributed by atoms with E-state index in [1.807, 2.05) is 24.4 Å². The van der Waals surface area contributed by atoms with Crippen LogP contribution in [0.15, 0.2) is 54.9 Å². The topological polar surface area (TPSA) is 63.8 Å². The molecule has 0 amide bonds. The maximum absolute atomic E-state index is 12.8. The van der Waals surface area contributed by atoms with E-state index in [2.05, 4.69) is 49.0 Å². The van der Waals surface area contributed by atoms with E-state index in [9.17, 15) is 13.2 Å². The number of piperazine rings is 1. The first-order chi connectivity index (χ1) is 15.4. The Morgan fingerprint density at radius 2 is 1.94 bits per heavy atom. The van der Waals surface area contributed by atoms with Crippen molar-refractivity contribution in [3.8, 4) is 11.4 Å². The van der Waals surface area contributed by atoms with Crippen LogP contribution < -0.4 is 4.90 Å². The van der Waals surface area contributed by atoms with E-state index in [1.54, 1.807) is 0 Å². The third-order valence-electron chi connectivity index (χ3n) is 5.99. The van der Waals surface area contributed by atoms with Crippen molar-refractivity contribution >= 4 is 16.7 Å². The molecule has 4 aromatic rings. The van der Waals surface area contributed by atoms with E-state index >= 15 is 0 Å². The first-order valence-electron chi connectivity index (χ1n) is 10.5. The lowest BCUT2D eigenvalue weighted by atomic mass is 10.1. The molecule has 166 valence electrons. The van der Waals surface area contributed by atoms with Crippen molar-refractivity contribution < 1.29 is 13.2 Å². The zero-order chi connectivity index (χ0) is 22.3. The summed E-state index contributed by atoms with van der Waals surface area (Å²) in [6.07, 6.45) is -1.61. The van der Waals surface area contributed by atoms with Crippen molar-refractivity contribution in [2.45, 2.75) is 25.7 Å². The Bertz CT molecular complexity index is 1180. The summed E-state index contributed by atoms with van der Waals surface area (Å²) in [4.78, 5) is 11.9. The summed E-state index contributed by atoms with van der Waals surface area (Å²) in [6, 6.07) is 12.9. The lowest BCUT2D eigenvalue weighted by Crippen LogP contribution is -2.51. The number of anilines is 1. The van der Waals surface area contributed by atoms with Crippen LogP contribution in [0.5, 0.6) is 0 Å². The molecule has 32 heavy (non-hydrogen) atoms. The Labute approximate surface area is 183 Å². The summed E-state index contributed by atoms with van der Waals surface area (Å²) in [5.41, 5.74) is 3.43. The molecular weight excluding hydrogens is 417 g/mol. The molecule has 1 atom stereocenters. The molecule has 0 saturated carbocycles. The number of hydrogen-bond donors (Lipinski definition) is 2. The van der Waals surface area contributed by atoms with Gasteiger partial charge in [0.1, 0.15) is 5.82 Å². The third-order valence-corrected chi connectivity index (χ3v) is 5.99. The molecule has 5 rings (SSSR count). The number of H-pyrrole nitrogens is 2. The van der Waals surface area contributed by atoms with Gasteiger partial charge in [0.25, 0.3) is 0 Å². The number of aromatic amines is 2. The van der Waals surface area contributed by atoms with E-state index in [0.29, 0.717) is 12.4 Å². The van der Waals surface area contributed by atoms with Crippen molar-refractivity contribution in [3.05, 3.63) is 66.0 Å². The molecular formula is C23H23F3N6. The molecule has 0 bridgehead atoms. The summed E-state index contributed by atoms with van der Waals surface area (Å²) in [5, 5.41) is 8.52. The fourth-order valence-electron chi connectivity index (χ4n) is 4.35. The molecule has 1 unspecified atom stereocenters. The average Bonchev–Trinajstić information content (AvgIpc) is 3.40. The lowest BCUT2D eigenvalue weighted by Gasteiger charge is -2.40. The minimum atomic E-state index is -4.37. The zero-order valence-electron chi connectivity index (χ0n) is 17.5. The molecule has 2 N–H and O–H groups in total. The van der Waals surface area contributed by atoms with Gasteiger partial charge in [-0.25, -0.2) is 4.98 Å². The van der Waals surface area contributed by atoms with Gasteiger partial charge in [0.15, 0.2) is 0 Å². The number of para-hydroxylation sites is 1. The lowest BCUT2D eigenvalue weighted by molar-refractivity contribution is -0.137. The molecule has 4 heterocycles. The smallest absolute Gasteiger partial charge is 0.353 e. The first kappa shape index (κ1) is 20.6. The summed E-state index contributed by atoms with van der Waals surface area (Å²) >= 11 is 0. The van der Waals surface area contributed by atoms with Crippen LogP contribution in [0.4, 0.5) is 19.0 Å². The van der Waals surface area contributed by atoms with E-state index in [1.165, 1.54) is 6.07 Å². The number of aromatic nitrogens is 4. The summed E-state index contributed by atoms with van der Waals surface area (Å²) in [7, 11) is 0. The van der Waals surface area contributed by atoms with E-state index in [4.69, 9.17) is 0 Å². The van der Waals surface area contributed by atoms with Gasteiger partial charge in [-0.2, -0.15) is 18.3 Å². The Hall–Kier alpha value is -3.33. The highest BCUT2D eigenvalue weighted by atomic mass is 19.4. The van der Waals surface area contributed by atoms with E-state index in [0.717, 1.165) is 59.8 Å². The fraction of sp³-hybridized carbons (Fsp3) is 0.304. The van der Waals surface area contributed by atoms with Gasteiger partial charge in [0, 0.05) is 54.9 Å². The molecule has 0 spiro atoms. The third kappa shape index (κ3) is 3.95. The maximum atomic E-state index is 12.8. The van der Waals surface area contributed by atoms with Crippen molar-refractivity contribution in [2.75, 3.05) is 24.5 Å². The van der Waals surface area contributed by atoms with E-state index in [-0.39, 0.29) is 6.04 Å². The van der Waals surface area contributed by atoms with Gasteiger partial charge < -0.3 is 9.88 Å². The number of benzene rings is 1. The maximum Gasteiger partial charge on any atom is 0.417 e. The summed E-state index contributed by atoms with van der Waals surface area (Å²) in [6.45, 7) is 5.06. The molecule has 0 radical (unpaired) electrons. The number of halogens is 3. The normalized spacial score (nSPS) is 17.9. The minimum absolute atomic E-state index is 0.122. The van der Waals surface area contributed by atoms with Crippen LogP contribution in [0, 0.1) is 0 Å². The molecule has 1 aromatic carbocycles. The molecule has 1 fully saturated rings. The monoisotopic (exact) mass is 440 g/mol. The Morgan fingerprint density at radius 3 is 2.66 bits per heavy atom. The number of nitrogens with zero attached hydrogens (tertiary/aromatic N) is 4. The molecule has 1 aliphatic heterocycles. The molecule has 6 nitrogen and oxygen atoms in total. The van der Waals surface area contributed by atoms with Gasteiger partial charge in [0.05, 0.1) is 23.1 Å². The van der Waals surface area contributed by atoms with Gasteiger partial charge in [-0.1, -0.05) is 18.2 Å². The van der Waals surface area contributed by atoms with Crippen molar-refractivity contribution in [3.63, 3.8) is 0 Å². The highest BCUT2D eigenvalue weighted by molar-refractivity contribution is 5.85. The van der Waals surface area contributed by atoms with Crippen LogP contribution in [0.1, 0.15) is 18.1 Å². The predicted molar refractivity (Wildman–Crippen MR) is 117 cm³/mol. The number of hydrogen-bond acceptors (Lipinski definition) is 4. The van der Waals surface area contributed by atoms with Gasteiger partial charge in [-0.3, -0.25) is 10.00 Å². The molecule has 9 heteroatoms. The second-order valence-corrected chi connectivity index (χ2v) is 8.22. The second kappa shape index (κ2) is 7.98. The molecule has 1 aliphatic rings. The average molecular weight is 440 g/mol. The molecule has 3 aromatic heterocycles. The van der Waals surface area contributed by atoms with Gasteiger partial charge in [-0.05, 0) is 31.2 Å². The Morgan fingerprint density at radius 1 is 1.09 bits per heavy atom. The van der Waals surface area contributed by atoms with Crippen LogP contribution in [0.2, 0.25) is 0 Å². The largest absolute Gasteiger partial charge is 0.417 e. The zero-order valence-corrected chi connectivity index (χ0v) is 17.5. The Kier molecular flexibility index (Phi) is 5.13. The number of fused-ring (bicyclic) bond motifs is 1. The van der Waals surface area contributed by atoms with Crippen molar-refractivity contribution in [1.82, 2.24) is 25.1 Å². The van der Waals surface area contributed by atoms with Crippen LogP contribution in [-0.2, 0) is 12.7 Å². The van der Waals surface area contributed by atoms with Gasteiger partial charge in [-0.15, -0.1) is 0 Å². The standard InChI is InChI=1S/C23H23F3N6/c1-15-13-31(8-9-32(15)21-7-6-18(12-27-21)23(24,25)26)14-17-11-28-30-22(17)20-10-16-4-2-3-5-19(16)29-20/h2-7,10-12,15,29H,8-9,13-14H2,1H3,(H,28,30). The number of nitrogens with one attached hydrogen (secondary N) is 2. The molecule has 1 saturated heterocycles. The first-order valence-corrected chi connectivity index (χ1v) is 10.5. The SMILES string of the molecule is CC1CN(Cc2cn[nH]c2-c2cc3ccccc3[nH]2)CCN1c1ccc(C(F)(F)F)cn1.